The van der Waals surface area contributed by atoms with Crippen LogP contribution in [0.25, 0.3) is 0 Å². The van der Waals surface area contributed by atoms with Crippen molar-refractivity contribution in [1.82, 2.24) is 20.4 Å². The molecule has 39 heavy (non-hydrogen) atoms. The van der Waals surface area contributed by atoms with Gasteiger partial charge >= 0.3 is 0 Å². The second-order valence-corrected chi connectivity index (χ2v) is 15.1. The van der Waals surface area contributed by atoms with Gasteiger partial charge in [0.1, 0.15) is 0 Å². The number of nitrogens with one attached hydrogen (secondary N) is 2. The molecule has 0 aliphatic carbocycles. The average molecular weight is 555 g/mol. The van der Waals surface area contributed by atoms with E-state index in [1.54, 1.807) is 0 Å². The third kappa shape index (κ3) is 20.3. The smallest absolute Gasteiger partial charge is 0.221 e. The highest BCUT2D eigenvalue weighted by atomic mass is 16.2. The molecule has 8 nitrogen and oxygen atoms in total. The van der Waals surface area contributed by atoms with Crippen LogP contribution in [-0.2, 0) is 9.59 Å². The van der Waals surface area contributed by atoms with Crippen LogP contribution in [0.15, 0.2) is 0 Å². The summed E-state index contributed by atoms with van der Waals surface area (Å²) in [6.07, 6.45) is 4.15. The van der Waals surface area contributed by atoms with Gasteiger partial charge in [-0.05, 0) is 34.5 Å². The zero-order valence-electron chi connectivity index (χ0n) is 27.5. The highest BCUT2D eigenvalue weighted by Gasteiger charge is 2.28. The molecular weight excluding hydrogens is 488 g/mol. The van der Waals surface area contributed by atoms with Crippen LogP contribution in [0.5, 0.6) is 0 Å². The lowest BCUT2D eigenvalue weighted by Gasteiger charge is -2.34. The van der Waals surface area contributed by atoms with Crippen molar-refractivity contribution in [2.24, 2.45) is 33.1 Å². The summed E-state index contributed by atoms with van der Waals surface area (Å²) in [5.41, 5.74) is 12.3. The van der Waals surface area contributed by atoms with Crippen LogP contribution in [-0.4, -0.2) is 87.1 Å². The maximum Gasteiger partial charge on any atom is 0.221 e. The standard InChI is InChI=1S/C31H66N6O2/c1-11-29(5,6)23-31(9,10)25-35-27(39)13-17-37(19-15-33)21-20-36(18-14-32)16-12-26(38)34-24-30(7,8)22-28(2,3)4/h11-25,32-33H2,1-10H3,(H,34,38)(H,35,39). The molecule has 0 heterocycles. The summed E-state index contributed by atoms with van der Waals surface area (Å²) in [6.45, 7) is 29.2. The lowest BCUT2D eigenvalue weighted by atomic mass is 9.73. The maximum absolute atomic E-state index is 12.6. The fraction of sp³-hybridized carbons (Fsp3) is 0.935. The molecule has 232 valence electrons. The first-order chi connectivity index (χ1) is 17.8. The Balaban J connectivity index is 4.64. The third-order valence-electron chi connectivity index (χ3n) is 7.38. The van der Waals surface area contributed by atoms with Crippen LogP contribution in [0.2, 0.25) is 0 Å². The summed E-state index contributed by atoms with van der Waals surface area (Å²) in [5.74, 6) is 0.170. The second-order valence-electron chi connectivity index (χ2n) is 15.1. The predicted molar refractivity (Wildman–Crippen MR) is 167 cm³/mol. The summed E-state index contributed by atoms with van der Waals surface area (Å²) < 4.78 is 0. The third-order valence-corrected chi connectivity index (χ3v) is 7.38. The van der Waals surface area contributed by atoms with Gasteiger partial charge in [0, 0.05) is 78.3 Å². The van der Waals surface area contributed by atoms with Gasteiger partial charge in [-0.2, -0.15) is 0 Å². The maximum atomic E-state index is 12.6. The molecule has 0 atom stereocenters. The zero-order chi connectivity index (χ0) is 30.3. The van der Waals surface area contributed by atoms with E-state index in [0.717, 1.165) is 45.4 Å². The Hall–Kier alpha value is -1.22. The van der Waals surface area contributed by atoms with Gasteiger partial charge in [0.05, 0.1) is 0 Å². The lowest BCUT2D eigenvalue weighted by molar-refractivity contribution is -0.122. The fourth-order valence-corrected chi connectivity index (χ4v) is 5.67. The van der Waals surface area contributed by atoms with E-state index in [1.165, 1.54) is 0 Å². The van der Waals surface area contributed by atoms with Crippen molar-refractivity contribution >= 4 is 11.8 Å². The summed E-state index contributed by atoms with van der Waals surface area (Å²) in [6, 6.07) is 0. The number of carbonyl (C=O) groups is 2. The molecule has 0 unspecified atom stereocenters. The topological polar surface area (TPSA) is 117 Å². The summed E-state index contributed by atoms with van der Waals surface area (Å²) in [4.78, 5) is 29.7. The molecule has 0 aromatic carbocycles. The first-order valence-corrected chi connectivity index (χ1v) is 15.2. The van der Waals surface area contributed by atoms with Crippen LogP contribution in [0, 0.1) is 21.7 Å². The Morgan fingerprint density at radius 2 is 0.974 bits per heavy atom. The lowest BCUT2D eigenvalue weighted by Crippen LogP contribution is -2.43. The molecule has 8 heteroatoms. The molecule has 0 radical (unpaired) electrons. The summed E-state index contributed by atoms with van der Waals surface area (Å²) in [7, 11) is 0. The van der Waals surface area contributed by atoms with Gasteiger partial charge in [0.25, 0.3) is 0 Å². The number of carbonyl (C=O) groups excluding carboxylic acids is 2. The molecule has 2 amide bonds. The van der Waals surface area contributed by atoms with Crippen molar-refractivity contribution in [2.75, 3.05) is 65.4 Å². The first-order valence-electron chi connectivity index (χ1n) is 15.2. The minimum Gasteiger partial charge on any atom is -0.356 e. The molecule has 0 fully saturated rings. The van der Waals surface area contributed by atoms with Gasteiger partial charge in [-0.15, -0.1) is 0 Å². The van der Waals surface area contributed by atoms with Crippen molar-refractivity contribution in [3.05, 3.63) is 0 Å². The molecule has 0 rings (SSSR count). The van der Waals surface area contributed by atoms with E-state index in [1.807, 2.05) is 0 Å². The Morgan fingerprint density at radius 3 is 1.31 bits per heavy atom. The quantitative estimate of drug-likeness (QED) is 0.171. The van der Waals surface area contributed by atoms with Gasteiger partial charge in [0.2, 0.25) is 11.8 Å². The number of hydrogen-bond donors (Lipinski definition) is 4. The number of nitrogens with zero attached hydrogens (tertiary/aromatic N) is 2. The molecule has 0 aliphatic heterocycles. The highest BCUT2D eigenvalue weighted by molar-refractivity contribution is 5.76. The summed E-state index contributed by atoms with van der Waals surface area (Å²) in [5, 5.41) is 6.28. The van der Waals surface area contributed by atoms with E-state index in [4.69, 9.17) is 11.5 Å². The van der Waals surface area contributed by atoms with Gasteiger partial charge in [-0.25, -0.2) is 0 Å². The minimum absolute atomic E-state index is 0.0573. The molecule has 0 spiro atoms. The van der Waals surface area contributed by atoms with Crippen molar-refractivity contribution in [1.29, 1.82) is 0 Å². The molecule has 0 bridgehead atoms. The van der Waals surface area contributed by atoms with Gasteiger partial charge < -0.3 is 31.9 Å². The number of hydrogen-bond acceptors (Lipinski definition) is 6. The van der Waals surface area contributed by atoms with Crippen LogP contribution >= 0.6 is 0 Å². The molecule has 0 saturated heterocycles. The normalized spacial score (nSPS) is 13.3. The largest absolute Gasteiger partial charge is 0.356 e. The van der Waals surface area contributed by atoms with E-state index in [9.17, 15) is 9.59 Å². The van der Waals surface area contributed by atoms with Crippen LogP contribution in [0.4, 0.5) is 0 Å². The highest BCUT2D eigenvalue weighted by Crippen LogP contribution is 2.35. The molecule has 0 aromatic heterocycles. The fourth-order valence-electron chi connectivity index (χ4n) is 5.67. The number of amides is 2. The second kappa shape index (κ2) is 17.6. The van der Waals surface area contributed by atoms with E-state index in [-0.39, 0.29) is 33.5 Å². The Morgan fingerprint density at radius 1 is 0.590 bits per heavy atom. The predicted octanol–water partition coefficient (Wildman–Crippen LogP) is 3.84. The van der Waals surface area contributed by atoms with Crippen molar-refractivity contribution in [2.45, 2.75) is 101 Å². The van der Waals surface area contributed by atoms with Crippen molar-refractivity contribution in [3.63, 3.8) is 0 Å². The van der Waals surface area contributed by atoms with E-state index in [2.05, 4.69) is 89.7 Å². The Bertz CT molecular complexity index is 700. The Kier molecular flexibility index (Phi) is 17.0. The molecule has 0 aromatic rings. The van der Waals surface area contributed by atoms with Gasteiger partial charge in [-0.1, -0.05) is 75.7 Å². The van der Waals surface area contributed by atoms with Crippen LogP contribution in [0.3, 0.4) is 0 Å². The van der Waals surface area contributed by atoms with E-state index < -0.39 is 0 Å². The average Bonchev–Trinajstić information content (AvgIpc) is 2.79. The minimum atomic E-state index is 0.0573. The van der Waals surface area contributed by atoms with E-state index >= 15 is 0 Å². The van der Waals surface area contributed by atoms with Crippen LogP contribution in [0.1, 0.15) is 101 Å². The first kappa shape index (κ1) is 37.8. The molecule has 6 N–H and O–H groups in total. The Labute approximate surface area is 241 Å². The molecule has 0 aliphatic rings. The number of rotatable bonds is 21. The molecule has 0 saturated carbocycles. The van der Waals surface area contributed by atoms with E-state index in [0.29, 0.717) is 52.1 Å². The SMILES string of the molecule is CCC(C)(C)CC(C)(C)CNC(=O)CCN(CCN)CCN(CCN)CCC(=O)NCC(C)(C)CC(C)(C)C. The van der Waals surface area contributed by atoms with Crippen molar-refractivity contribution < 1.29 is 9.59 Å². The van der Waals surface area contributed by atoms with Crippen molar-refractivity contribution in [3.8, 4) is 0 Å². The number of nitrogens with two attached hydrogens (primary N) is 2. The van der Waals surface area contributed by atoms with Gasteiger partial charge in [-0.3, -0.25) is 9.59 Å². The summed E-state index contributed by atoms with van der Waals surface area (Å²) >= 11 is 0. The zero-order valence-corrected chi connectivity index (χ0v) is 27.5. The van der Waals surface area contributed by atoms with Gasteiger partial charge in [0.15, 0.2) is 0 Å². The molecular formula is C31H66N6O2. The monoisotopic (exact) mass is 555 g/mol. The van der Waals surface area contributed by atoms with Crippen LogP contribution < -0.4 is 22.1 Å².